The highest BCUT2D eigenvalue weighted by Gasteiger charge is 2.53. The zero-order valence-corrected chi connectivity index (χ0v) is 19.4. The molecule has 1 aliphatic heterocycles. The Bertz CT molecular complexity index is 1120. The molecule has 0 bridgehead atoms. The minimum atomic E-state index is -0.862. The minimum absolute atomic E-state index is 0.186. The number of aliphatic hydroxyl groups excluding tert-OH is 2. The van der Waals surface area contributed by atoms with Gasteiger partial charge in [-0.05, 0) is 73.2 Å². The van der Waals surface area contributed by atoms with E-state index in [0.29, 0.717) is 24.8 Å². The van der Waals surface area contributed by atoms with Crippen LogP contribution in [0.2, 0.25) is 0 Å². The molecule has 7 nitrogen and oxygen atoms in total. The van der Waals surface area contributed by atoms with Gasteiger partial charge in [0.05, 0.1) is 30.2 Å². The van der Waals surface area contributed by atoms with Gasteiger partial charge in [-0.15, -0.1) is 0 Å². The van der Waals surface area contributed by atoms with E-state index in [-0.39, 0.29) is 24.2 Å². The Morgan fingerprint density at radius 3 is 2.56 bits per heavy atom. The van der Waals surface area contributed by atoms with Crippen LogP contribution in [0.15, 0.2) is 59.8 Å². The fourth-order valence-corrected chi connectivity index (χ4v) is 5.32. The van der Waals surface area contributed by atoms with Crippen LogP contribution in [0.5, 0.6) is 5.75 Å². The van der Waals surface area contributed by atoms with Crippen molar-refractivity contribution in [3.63, 3.8) is 0 Å². The zero-order valence-electron chi connectivity index (χ0n) is 19.4. The van der Waals surface area contributed by atoms with Crippen molar-refractivity contribution in [2.45, 2.75) is 32.3 Å². The predicted octanol–water partition coefficient (Wildman–Crippen LogP) is 3.03. The number of hydrogen-bond acceptors (Lipinski definition) is 6. The van der Waals surface area contributed by atoms with Gasteiger partial charge in [-0.2, -0.15) is 0 Å². The van der Waals surface area contributed by atoms with E-state index in [0.717, 1.165) is 27.3 Å². The second-order valence-electron chi connectivity index (χ2n) is 9.13. The Hall–Kier alpha value is -3.29. The number of amides is 2. The van der Waals surface area contributed by atoms with Crippen LogP contribution in [-0.4, -0.2) is 56.8 Å². The largest absolute Gasteiger partial charge is 0.508 e. The number of allylic oxidation sites excluding steroid dienone is 2. The summed E-state index contributed by atoms with van der Waals surface area (Å²) in [6, 6.07) is 12.5. The molecule has 7 heteroatoms. The van der Waals surface area contributed by atoms with Gasteiger partial charge in [-0.3, -0.25) is 19.5 Å². The summed E-state index contributed by atoms with van der Waals surface area (Å²) >= 11 is 0. The maximum atomic E-state index is 12.7. The topological polar surface area (TPSA) is 111 Å². The Balaban J connectivity index is 1.59. The molecule has 2 heterocycles. The van der Waals surface area contributed by atoms with E-state index in [2.05, 4.69) is 4.98 Å². The number of fused-ring (bicyclic) bond motifs is 1. The molecule has 3 N–H and O–H groups in total. The highest BCUT2D eigenvalue weighted by atomic mass is 16.3. The van der Waals surface area contributed by atoms with E-state index < -0.39 is 23.9 Å². The number of aliphatic hydroxyl groups is 2. The van der Waals surface area contributed by atoms with E-state index in [1.807, 2.05) is 43.3 Å². The first-order valence-corrected chi connectivity index (χ1v) is 11.5. The lowest BCUT2D eigenvalue weighted by Crippen LogP contribution is -2.38. The van der Waals surface area contributed by atoms with Crippen LogP contribution < -0.4 is 0 Å². The molecule has 1 saturated heterocycles. The van der Waals surface area contributed by atoms with Crippen LogP contribution in [0.25, 0.3) is 11.6 Å². The van der Waals surface area contributed by atoms with Crippen LogP contribution in [-0.2, 0) is 9.59 Å². The maximum Gasteiger partial charge on any atom is 0.233 e. The molecule has 178 valence electrons. The molecule has 0 saturated carbocycles. The number of carbonyl (C=O) groups excluding carboxylic acids is 2. The van der Waals surface area contributed by atoms with Crippen molar-refractivity contribution in [3.05, 3.63) is 71.1 Å². The summed E-state index contributed by atoms with van der Waals surface area (Å²) in [7, 11) is 1.48. The first-order chi connectivity index (χ1) is 16.3. The van der Waals surface area contributed by atoms with E-state index in [1.165, 1.54) is 7.05 Å². The van der Waals surface area contributed by atoms with Gasteiger partial charge in [-0.25, -0.2) is 0 Å². The van der Waals surface area contributed by atoms with Gasteiger partial charge >= 0.3 is 0 Å². The third-order valence-electron chi connectivity index (χ3n) is 7.02. The molecule has 2 aliphatic rings. The molecule has 0 radical (unpaired) electrons. The van der Waals surface area contributed by atoms with Crippen LogP contribution in [0, 0.1) is 17.8 Å². The third kappa shape index (κ3) is 4.54. The number of carbonyl (C=O) groups is 2. The highest BCUT2D eigenvalue weighted by Crippen LogP contribution is 2.45. The molecule has 1 aliphatic carbocycles. The molecule has 0 unspecified atom stereocenters. The molecule has 1 fully saturated rings. The number of benzene rings is 1. The highest BCUT2D eigenvalue weighted by molar-refractivity contribution is 6.05. The molecule has 4 atom stereocenters. The third-order valence-corrected chi connectivity index (χ3v) is 7.02. The lowest BCUT2D eigenvalue weighted by molar-refractivity contribution is -0.138. The molecule has 4 rings (SSSR count). The number of rotatable bonds is 7. The molecule has 2 aromatic rings. The lowest BCUT2D eigenvalue weighted by Gasteiger charge is -2.35. The standard InChI is InChI=1S/C27H30N2O5/c1-16-13-20-25(27(34)29(2)26(20)33)21(15-30)24(16)23(32)11-8-18(22-5-3-4-12-28-22)14-17-6-9-19(31)10-7-17/h3-7,9-10,12,14,20-21,23,25,30-32H,8,11,13,15H2,1-2H3/b18-14-/t20-,21+,23-,25-/m1/s1. The Morgan fingerprint density at radius 2 is 1.91 bits per heavy atom. The van der Waals surface area contributed by atoms with Crippen molar-refractivity contribution in [1.82, 2.24) is 9.88 Å². The number of phenols is 1. The van der Waals surface area contributed by atoms with Gasteiger partial charge in [-0.1, -0.05) is 23.8 Å². The van der Waals surface area contributed by atoms with Crippen LogP contribution >= 0.6 is 0 Å². The monoisotopic (exact) mass is 462 g/mol. The summed E-state index contributed by atoms with van der Waals surface area (Å²) in [4.78, 5) is 30.8. The molecular weight excluding hydrogens is 432 g/mol. The summed E-state index contributed by atoms with van der Waals surface area (Å²) in [6.07, 6.45) is 4.13. The quantitative estimate of drug-likeness (QED) is 0.431. The number of imide groups is 1. The van der Waals surface area contributed by atoms with Crippen molar-refractivity contribution in [3.8, 4) is 5.75 Å². The number of hydrogen-bond donors (Lipinski definition) is 3. The molecule has 2 amide bonds. The zero-order chi connectivity index (χ0) is 24.4. The number of likely N-dealkylation sites (tertiary alicyclic amines) is 1. The summed E-state index contributed by atoms with van der Waals surface area (Å²) < 4.78 is 0. The van der Waals surface area contributed by atoms with Gasteiger partial charge in [0.25, 0.3) is 0 Å². The molecule has 34 heavy (non-hydrogen) atoms. The average molecular weight is 463 g/mol. The number of phenolic OH excluding ortho intramolecular Hbond substituents is 1. The number of pyridine rings is 1. The normalized spacial score (nSPS) is 23.9. The van der Waals surface area contributed by atoms with Crippen molar-refractivity contribution in [2.75, 3.05) is 13.7 Å². The van der Waals surface area contributed by atoms with Crippen molar-refractivity contribution < 1.29 is 24.9 Å². The molecule has 0 spiro atoms. The maximum absolute atomic E-state index is 12.7. The van der Waals surface area contributed by atoms with E-state index in [4.69, 9.17) is 0 Å². The summed E-state index contributed by atoms with van der Waals surface area (Å²) in [6.45, 7) is 1.58. The van der Waals surface area contributed by atoms with Gasteiger partial charge in [0.15, 0.2) is 0 Å². The van der Waals surface area contributed by atoms with Gasteiger partial charge in [0, 0.05) is 19.2 Å². The van der Waals surface area contributed by atoms with Crippen LogP contribution in [0.3, 0.4) is 0 Å². The van der Waals surface area contributed by atoms with Crippen molar-refractivity contribution >= 4 is 23.5 Å². The first-order valence-electron chi connectivity index (χ1n) is 11.5. The SMILES string of the molecule is CC1=C([C@H](O)CC/C(=C/c2ccc(O)cc2)c2ccccn2)[C@H](CO)[C@@H]2C(=O)N(C)C(=O)[C@@H]2C1. The smallest absolute Gasteiger partial charge is 0.233 e. The molecular formula is C27H30N2O5. The fourth-order valence-electron chi connectivity index (χ4n) is 5.32. The number of aromatic hydroxyl groups is 1. The lowest BCUT2D eigenvalue weighted by atomic mass is 9.68. The fraction of sp³-hybridized carbons (Fsp3) is 0.370. The summed E-state index contributed by atoms with van der Waals surface area (Å²) in [5, 5.41) is 31.0. The molecule has 1 aromatic carbocycles. The average Bonchev–Trinajstić information content (AvgIpc) is 3.06. The Labute approximate surface area is 199 Å². The molecule has 1 aromatic heterocycles. The predicted molar refractivity (Wildman–Crippen MR) is 128 cm³/mol. The minimum Gasteiger partial charge on any atom is -0.508 e. The van der Waals surface area contributed by atoms with Crippen LogP contribution in [0.4, 0.5) is 0 Å². The number of aromatic nitrogens is 1. The second-order valence-corrected chi connectivity index (χ2v) is 9.13. The van der Waals surface area contributed by atoms with Gasteiger partial charge < -0.3 is 15.3 Å². The van der Waals surface area contributed by atoms with Gasteiger partial charge in [0.2, 0.25) is 11.8 Å². The van der Waals surface area contributed by atoms with Gasteiger partial charge in [0.1, 0.15) is 5.75 Å². The van der Waals surface area contributed by atoms with Crippen molar-refractivity contribution in [1.29, 1.82) is 0 Å². The summed E-state index contributed by atoms with van der Waals surface area (Å²) in [5.74, 6) is -1.98. The van der Waals surface area contributed by atoms with Crippen molar-refractivity contribution in [2.24, 2.45) is 17.8 Å². The second kappa shape index (κ2) is 9.91. The van der Waals surface area contributed by atoms with E-state index in [9.17, 15) is 24.9 Å². The number of nitrogens with zero attached hydrogens (tertiary/aromatic N) is 2. The van der Waals surface area contributed by atoms with E-state index >= 15 is 0 Å². The Morgan fingerprint density at radius 1 is 1.18 bits per heavy atom. The Kier molecular flexibility index (Phi) is 6.95. The van der Waals surface area contributed by atoms with Crippen LogP contribution in [0.1, 0.15) is 37.4 Å². The summed E-state index contributed by atoms with van der Waals surface area (Å²) in [5.41, 5.74) is 4.14. The van der Waals surface area contributed by atoms with E-state index in [1.54, 1.807) is 18.3 Å². The first kappa shape index (κ1) is 23.9.